The smallest absolute Gasteiger partial charge is 0.157 e. The van der Waals surface area contributed by atoms with Crippen LogP contribution >= 0.6 is 0 Å². The van der Waals surface area contributed by atoms with Gasteiger partial charge in [-0.25, -0.2) is 0 Å². The number of hydrogen-bond acceptors (Lipinski definition) is 1. The largest absolute Gasteiger partial charge is 0.463 e. The summed E-state index contributed by atoms with van der Waals surface area (Å²) in [6.07, 6.45) is 10.6. The first-order chi connectivity index (χ1) is 12.4. The van der Waals surface area contributed by atoms with E-state index in [1.54, 1.807) is 6.26 Å². The summed E-state index contributed by atoms with van der Waals surface area (Å²) in [5.41, 5.74) is 2.47. The molecule has 0 spiro atoms. The molecule has 0 bridgehead atoms. The van der Waals surface area contributed by atoms with Gasteiger partial charge < -0.3 is 9.32 Å². The SMILES string of the molecule is C(=C/c1ccccc1)/C[NH+](C/C=C\c1ccccc1)Cc1ccco1. The van der Waals surface area contributed by atoms with Crippen LogP contribution in [-0.4, -0.2) is 13.1 Å². The normalized spacial score (nSPS) is 11.7. The van der Waals surface area contributed by atoms with Gasteiger partial charge in [0.2, 0.25) is 0 Å². The van der Waals surface area contributed by atoms with E-state index in [0.29, 0.717) is 0 Å². The highest BCUT2D eigenvalue weighted by atomic mass is 16.3. The van der Waals surface area contributed by atoms with E-state index in [-0.39, 0.29) is 0 Å². The number of rotatable bonds is 8. The van der Waals surface area contributed by atoms with Crippen molar-refractivity contribution in [1.82, 2.24) is 0 Å². The third-order valence-corrected chi connectivity index (χ3v) is 4.04. The van der Waals surface area contributed by atoms with E-state index in [0.717, 1.165) is 25.4 Å². The van der Waals surface area contributed by atoms with Crippen LogP contribution in [0.5, 0.6) is 0 Å². The Morgan fingerprint density at radius 3 is 1.72 bits per heavy atom. The van der Waals surface area contributed by atoms with E-state index in [1.165, 1.54) is 16.0 Å². The predicted molar refractivity (Wildman–Crippen MR) is 104 cm³/mol. The van der Waals surface area contributed by atoms with Crippen molar-refractivity contribution in [1.29, 1.82) is 0 Å². The fraction of sp³-hybridized carbons (Fsp3) is 0.130. The van der Waals surface area contributed by atoms with Gasteiger partial charge in [0.15, 0.2) is 5.76 Å². The highest BCUT2D eigenvalue weighted by molar-refractivity contribution is 5.49. The molecule has 1 N–H and O–H groups in total. The molecule has 3 aromatic rings. The van der Waals surface area contributed by atoms with Crippen molar-refractivity contribution in [2.24, 2.45) is 0 Å². The Morgan fingerprint density at radius 2 is 1.24 bits per heavy atom. The number of nitrogens with one attached hydrogen (secondary N) is 1. The fourth-order valence-electron chi connectivity index (χ4n) is 2.74. The number of furan rings is 1. The Morgan fingerprint density at radius 1 is 0.680 bits per heavy atom. The first-order valence-electron chi connectivity index (χ1n) is 8.69. The first-order valence-corrected chi connectivity index (χ1v) is 8.69. The summed E-state index contributed by atoms with van der Waals surface area (Å²) in [6.45, 7) is 2.79. The standard InChI is InChI=1S/C23H23NO/c1-3-10-21(11-4-1)14-7-17-24(20-23-16-9-19-25-23)18-8-15-22-12-5-2-6-13-22/h1-16,19H,17-18,20H2/p+1/b14-7-,15-8-. The van der Waals surface area contributed by atoms with Gasteiger partial charge in [-0.05, 0) is 35.4 Å². The summed E-state index contributed by atoms with van der Waals surface area (Å²) in [4.78, 5) is 1.44. The van der Waals surface area contributed by atoms with Gasteiger partial charge in [-0.15, -0.1) is 0 Å². The minimum Gasteiger partial charge on any atom is -0.463 e. The molecule has 0 aliphatic rings. The Labute approximate surface area is 149 Å². The lowest BCUT2D eigenvalue weighted by Gasteiger charge is -2.14. The lowest BCUT2D eigenvalue weighted by Crippen LogP contribution is -3.10. The second-order valence-corrected chi connectivity index (χ2v) is 6.04. The van der Waals surface area contributed by atoms with Gasteiger partial charge in [-0.3, -0.25) is 0 Å². The van der Waals surface area contributed by atoms with Gasteiger partial charge >= 0.3 is 0 Å². The lowest BCUT2D eigenvalue weighted by atomic mass is 10.2. The molecule has 3 rings (SSSR count). The molecule has 0 radical (unpaired) electrons. The van der Waals surface area contributed by atoms with Crippen LogP contribution in [0.1, 0.15) is 16.9 Å². The number of quaternary nitrogens is 1. The van der Waals surface area contributed by atoms with Crippen molar-refractivity contribution in [3.8, 4) is 0 Å². The molecule has 1 heterocycles. The quantitative estimate of drug-likeness (QED) is 0.658. The first kappa shape index (κ1) is 17.0. The summed E-state index contributed by atoms with van der Waals surface area (Å²) in [7, 11) is 0. The molecular weight excluding hydrogens is 306 g/mol. The molecule has 0 atom stereocenters. The van der Waals surface area contributed by atoms with Crippen LogP contribution < -0.4 is 4.90 Å². The van der Waals surface area contributed by atoms with E-state index >= 15 is 0 Å². The highest BCUT2D eigenvalue weighted by Crippen LogP contribution is 2.01. The van der Waals surface area contributed by atoms with Gasteiger partial charge in [0.25, 0.3) is 0 Å². The fourth-order valence-corrected chi connectivity index (χ4v) is 2.74. The average molecular weight is 330 g/mol. The van der Waals surface area contributed by atoms with E-state index in [9.17, 15) is 0 Å². The lowest BCUT2D eigenvalue weighted by molar-refractivity contribution is -0.903. The molecule has 2 nitrogen and oxygen atoms in total. The van der Waals surface area contributed by atoms with Crippen molar-refractivity contribution in [3.63, 3.8) is 0 Å². The van der Waals surface area contributed by atoms with Crippen molar-refractivity contribution >= 4 is 12.2 Å². The monoisotopic (exact) mass is 330 g/mol. The number of hydrogen-bond donors (Lipinski definition) is 1. The Bertz CT molecular complexity index is 722. The molecule has 126 valence electrons. The van der Waals surface area contributed by atoms with Crippen LogP contribution in [-0.2, 0) is 6.54 Å². The highest BCUT2D eigenvalue weighted by Gasteiger charge is 2.08. The molecule has 2 aromatic carbocycles. The second kappa shape index (κ2) is 9.45. The summed E-state index contributed by atoms with van der Waals surface area (Å²) in [5, 5.41) is 0. The summed E-state index contributed by atoms with van der Waals surface area (Å²) in [5.74, 6) is 1.02. The van der Waals surface area contributed by atoms with Crippen molar-refractivity contribution in [2.75, 3.05) is 13.1 Å². The van der Waals surface area contributed by atoms with Crippen molar-refractivity contribution in [2.45, 2.75) is 6.54 Å². The van der Waals surface area contributed by atoms with Gasteiger partial charge in [-0.2, -0.15) is 0 Å². The minimum atomic E-state index is 0.880. The number of benzene rings is 2. The molecule has 0 aliphatic heterocycles. The van der Waals surface area contributed by atoms with Crippen LogP contribution in [0.2, 0.25) is 0 Å². The summed E-state index contributed by atoms with van der Waals surface area (Å²) < 4.78 is 5.52. The molecule has 1 aromatic heterocycles. The van der Waals surface area contributed by atoms with Crippen LogP contribution in [0.4, 0.5) is 0 Å². The van der Waals surface area contributed by atoms with Crippen LogP contribution in [0.25, 0.3) is 12.2 Å². The maximum absolute atomic E-state index is 5.52. The van der Waals surface area contributed by atoms with E-state index in [2.05, 4.69) is 72.8 Å². The van der Waals surface area contributed by atoms with Crippen LogP contribution in [0, 0.1) is 0 Å². The average Bonchev–Trinajstić information content (AvgIpc) is 3.16. The molecule has 0 saturated carbocycles. The van der Waals surface area contributed by atoms with Crippen LogP contribution in [0.3, 0.4) is 0 Å². The Hall–Kier alpha value is -2.84. The molecule has 0 saturated heterocycles. The maximum atomic E-state index is 5.52. The molecule has 0 fully saturated rings. The summed E-state index contributed by atoms with van der Waals surface area (Å²) in [6, 6.07) is 24.8. The van der Waals surface area contributed by atoms with Crippen molar-refractivity contribution < 1.29 is 9.32 Å². The predicted octanol–water partition coefficient (Wildman–Crippen LogP) is 4.09. The Kier molecular flexibility index (Phi) is 6.43. The second-order valence-electron chi connectivity index (χ2n) is 6.04. The zero-order valence-corrected chi connectivity index (χ0v) is 14.3. The van der Waals surface area contributed by atoms with E-state index in [4.69, 9.17) is 4.42 Å². The summed E-state index contributed by atoms with van der Waals surface area (Å²) >= 11 is 0. The molecule has 2 heteroatoms. The molecule has 0 unspecified atom stereocenters. The molecule has 25 heavy (non-hydrogen) atoms. The Balaban J connectivity index is 1.60. The third-order valence-electron chi connectivity index (χ3n) is 4.04. The maximum Gasteiger partial charge on any atom is 0.157 e. The third kappa shape index (κ3) is 5.94. The van der Waals surface area contributed by atoms with E-state index < -0.39 is 0 Å². The van der Waals surface area contributed by atoms with E-state index in [1.807, 2.05) is 24.3 Å². The van der Waals surface area contributed by atoms with Gasteiger partial charge in [0.05, 0.1) is 19.4 Å². The van der Waals surface area contributed by atoms with Gasteiger partial charge in [0, 0.05) is 0 Å². The van der Waals surface area contributed by atoms with Gasteiger partial charge in [0.1, 0.15) is 6.54 Å². The molecule has 0 amide bonds. The topological polar surface area (TPSA) is 17.6 Å². The molecular formula is C23H24NO+. The zero-order chi connectivity index (χ0) is 17.2. The van der Waals surface area contributed by atoms with Gasteiger partial charge in [-0.1, -0.05) is 72.8 Å². The van der Waals surface area contributed by atoms with Crippen LogP contribution in [0.15, 0.2) is 95.6 Å². The van der Waals surface area contributed by atoms with Crippen molar-refractivity contribution in [3.05, 3.63) is 108 Å². The molecule has 0 aliphatic carbocycles. The minimum absolute atomic E-state index is 0.880. The zero-order valence-electron chi connectivity index (χ0n) is 14.3.